The Morgan fingerprint density at radius 1 is 1.29 bits per heavy atom. The van der Waals surface area contributed by atoms with Crippen molar-refractivity contribution in [3.05, 3.63) is 0 Å². The number of amides is 1. The fraction of sp³-hybridized carbons (Fsp3) is 0.867. The van der Waals surface area contributed by atoms with E-state index in [4.69, 9.17) is 0 Å². The Morgan fingerprint density at radius 3 is 2.33 bits per heavy atom. The van der Waals surface area contributed by atoms with E-state index in [0.717, 1.165) is 26.7 Å². The van der Waals surface area contributed by atoms with Crippen LogP contribution in [0, 0.1) is 17.8 Å². The van der Waals surface area contributed by atoms with E-state index in [-0.39, 0.29) is 29.8 Å². The number of hydrogen-bond acceptors (Lipinski definition) is 3. The molecule has 6 heteroatoms. The summed E-state index contributed by atoms with van der Waals surface area (Å²) in [6.45, 7) is 7.81. The molecule has 0 heterocycles. The monoisotopic (exact) mass is 296 g/mol. The zero-order valence-corrected chi connectivity index (χ0v) is 13.7. The van der Waals surface area contributed by atoms with Gasteiger partial charge < -0.3 is 15.7 Å². The molecule has 0 aromatic rings. The highest BCUT2D eigenvalue weighted by Gasteiger charge is 2.44. The van der Waals surface area contributed by atoms with E-state index < -0.39 is 5.97 Å². The van der Waals surface area contributed by atoms with Gasteiger partial charge in [-0.1, -0.05) is 33.5 Å². The lowest BCUT2D eigenvalue weighted by Crippen LogP contribution is -2.52. The molecule has 0 aliphatic heterocycles. The van der Waals surface area contributed by atoms with Crippen LogP contribution in [0.3, 0.4) is 0 Å². The summed E-state index contributed by atoms with van der Waals surface area (Å²) in [5, 5.41) is 15.9. The van der Waals surface area contributed by atoms with E-state index in [2.05, 4.69) is 24.4 Å². The summed E-state index contributed by atoms with van der Waals surface area (Å²) in [6.07, 6.45) is 3.53. The molecule has 0 unspecified atom stereocenters. The highest BCUT2D eigenvalue weighted by Crippen LogP contribution is 2.37. The molecular weight excluding hydrogens is 267 g/mol. The van der Waals surface area contributed by atoms with Gasteiger partial charge in [0.15, 0.2) is 7.41 Å². The zero-order chi connectivity index (χ0) is 16.0. The van der Waals surface area contributed by atoms with Gasteiger partial charge in [-0.2, -0.15) is 0 Å². The summed E-state index contributed by atoms with van der Waals surface area (Å²) in [5.74, 6) is -0.511. The van der Waals surface area contributed by atoms with Gasteiger partial charge in [-0.05, 0) is 24.7 Å². The maximum atomic E-state index is 11.6. The second-order valence-electron chi connectivity index (χ2n) is 6.07. The zero-order valence-electron chi connectivity index (χ0n) is 13.7. The van der Waals surface area contributed by atoms with Gasteiger partial charge in [-0.3, -0.25) is 9.59 Å². The first kappa shape index (κ1) is 18.0. The smallest absolute Gasteiger partial charge is 0.308 e. The quantitative estimate of drug-likeness (QED) is 0.592. The van der Waals surface area contributed by atoms with Gasteiger partial charge >= 0.3 is 5.97 Å². The van der Waals surface area contributed by atoms with E-state index >= 15 is 0 Å². The minimum absolute atomic E-state index is 0.0269. The Kier molecular flexibility index (Phi) is 7.22. The largest absolute Gasteiger partial charge is 0.481 e. The Bertz CT molecular complexity index is 361. The van der Waals surface area contributed by atoms with Crippen molar-refractivity contribution < 1.29 is 14.7 Å². The molecule has 1 aliphatic carbocycles. The van der Waals surface area contributed by atoms with Crippen LogP contribution < -0.4 is 10.5 Å². The number of nitrogens with one attached hydrogen (secondary N) is 2. The maximum Gasteiger partial charge on any atom is 0.308 e. The summed E-state index contributed by atoms with van der Waals surface area (Å²) in [5.41, 5.74) is 0. The fourth-order valence-corrected chi connectivity index (χ4v) is 3.84. The topological polar surface area (TPSA) is 78.4 Å². The molecule has 0 saturated heterocycles. The predicted octanol–water partition coefficient (Wildman–Crippen LogP) is 1.40. The highest BCUT2D eigenvalue weighted by atomic mass is 16.4. The SMILES string of the molecule is CBN[C@H]1[C@@H]([C@H](NC(C)=O)C(CC)CC)CC[C@@H]1C(=O)O. The molecule has 3 N–H and O–H groups in total. The minimum Gasteiger partial charge on any atom is -0.481 e. The van der Waals surface area contributed by atoms with Crippen LogP contribution in [0.1, 0.15) is 46.5 Å². The lowest BCUT2D eigenvalue weighted by molar-refractivity contribution is -0.142. The fourth-order valence-electron chi connectivity index (χ4n) is 3.84. The third kappa shape index (κ3) is 4.46. The Balaban J connectivity index is 2.98. The van der Waals surface area contributed by atoms with Crippen molar-refractivity contribution in [3.8, 4) is 0 Å². The molecule has 0 spiro atoms. The standard InChI is InChI=1S/C15H29BN2O3/c1-5-10(6-2)13(17-9(3)19)11-7-8-12(15(20)21)14(11)18-16-4/h10-14,16,18H,5-8H2,1-4H3,(H,17,19)(H,20,21)/t11-,12+,13-,14+/m1/s1. The molecule has 0 aromatic carbocycles. The summed E-state index contributed by atoms with van der Waals surface area (Å²) in [7, 11) is 0.751. The molecule has 0 aromatic heterocycles. The van der Waals surface area contributed by atoms with E-state index in [9.17, 15) is 14.7 Å². The first-order valence-electron chi connectivity index (χ1n) is 8.19. The minimum atomic E-state index is -0.727. The highest BCUT2D eigenvalue weighted by molar-refractivity contribution is 6.30. The third-order valence-electron chi connectivity index (χ3n) is 4.85. The summed E-state index contributed by atoms with van der Waals surface area (Å²) in [6, 6.07) is 0.0100. The normalized spacial score (nSPS) is 26.6. The number of carbonyl (C=O) groups is 2. The predicted molar refractivity (Wildman–Crippen MR) is 85.5 cm³/mol. The third-order valence-corrected chi connectivity index (χ3v) is 4.85. The van der Waals surface area contributed by atoms with Crippen molar-refractivity contribution in [2.24, 2.45) is 17.8 Å². The van der Waals surface area contributed by atoms with Gasteiger partial charge in [0.1, 0.15) is 0 Å². The number of carbonyl (C=O) groups excluding carboxylic acids is 1. The number of carboxylic acids is 1. The van der Waals surface area contributed by atoms with E-state index in [0.29, 0.717) is 12.3 Å². The van der Waals surface area contributed by atoms with Crippen LogP contribution in [-0.2, 0) is 9.59 Å². The van der Waals surface area contributed by atoms with Crippen LogP contribution in [0.15, 0.2) is 0 Å². The van der Waals surface area contributed by atoms with Crippen molar-refractivity contribution in [1.29, 1.82) is 0 Å². The number of carboxylic acid groups (broad SMARTS) is 1. The van der Waals surface area contributed by atoms with Gasteiger partial charge in [0.05, 0.1) is 5.92 Å². The average molecular weight is 296 g/mol. The van der Waals surface area contributed by atoms with Crippen molar-refractivity contribution in [2.45, 2.75) is 65.4 Å². The van der Waals surface area contributed by atoms with Gasteiger partial charge in [0, 0.05) is 19.0 Å². The Labute approximate surface area is 128 Å². The van der Waals surface area contributed by atoms with Gasteiger partial charge in [-0.25, -0.2) is 0 Å². The first-order valence-corrected chi connectivity index (χ1v) is 8.19. The molecule has 0 radical (unpaired) electrons. The number of rotatable bonds is 8. The van der Waals surface area contributed by atoms with Crippen molar-refractivity contribution in [2.75, 3.05) is 0 Å². The van der Waals surface area contributed by atoms with Crippen LogP contribution in [0.25, 0.3) is 0 Å². The molecule has 120 valence electrons. The summed E-state index contributed by atoms with van der Waals surface area (Å²) >= 11 is 0. The maximum absolute atomic E-state index is 11.6. The first-order chi connectivity index (χ1) is 9.96. The van der Waals surface area contributed by atoms with E-state index in [1.807, 2.05) is 6.82 Å². The van der Waals surface area contributed by atoms with E-state index in [1.54, 1.807) is 6.92 Å². The molecule has 1 aliphatic rings. The summed E-state index contributed by atoms with van der Waals surface area (Å²) in [4.78, 5) is 23.0. The van der Waals surface area contributed by atoms with Crippen molar-refractivity contribution in [3.63, 3.8) is 0 Å². The number of hydrogen-bond donors (Lipinski definition) is 3. The lowest BCUT2D eigenvalue weighted by Gasteiger charge is -2.36. The van der Waals surface area contributed by atoms with Gasteiger partial charge in [0.2, 0.25) is 5.91 Å². The van der Waals surface area contributed by atoms with Crippen LogP contribution in [0.2, 0.25) is 6.82 Å². The summed E-state index contributed by atoms with van der Waals surface area (Å²) < 4.78 is 0. The van der Waals surface area contributed by atoms with Crippen LogP contribution >= 0.6 is 0 Å². The van der Waals surface area contributed by atoms with Crippen LogP contribution in [0.5, 0.6) is 0 Å². The molecule has 21 heavy (non-hydrogen) atoms. The molecule has 5 nitrogen and oxygen atoms in total. The average Bonchev–Trinajstić information content (AvgIpc) is 2.82. The molecule has 4 atom stereocenters. The van der Waals surface area contributed by atoms with Crippen LogP contribution in [0.4, 0.5) is 0 Å². The lowest BCUT2D eigenvalue weighted by atomic mass is 9.79. The van der Waals surface area contributed by atoms with Crippen LogP contribution in [-0.4, -0.2) is 36.5 Å². The van der Waals surface area contributed by atoms with Crippen molar-refractivity contribution >= 4 is 19.3 Å². The molecule has 1 rings (SSSR count). The van der Waals surface area contributed by atoms with Crippen molar-refractivity contribution in [1.82, 2.24) is 10.5 Å². The molecule has 1 saturated carbocycles. The molecule has 1 amide bonds. The second-order valence-corrected chi connectivity index (χ2v) is 6.07. The molecule has 1 fully saturated rings. The Morgan fingerprint density at radius 2 is 1.90 bits per heavy atom. The molecule has 0 bridgehead atoms. The number of aliphatic carboxylic acids is 1. The van der Waals surface area contributed by atoms with E-state index in [1.165, 1.54) is 0 Å². The second kappa shape index (κ2) is 8.42. The van der Waals surface area contributed by atoms with Gasteiger partial charge in [0.25, 0.3) is 0 Å². The Hall–Kier alpha value is -1.04. The van der Waals surface area contributed by atoms with Gasteiger partial charge in [-0.15, -0.1) is 0 Å². The molecular formula is C15H29BN2O3.